The van der Waals surface area contributed by atoms with E-state index < -0.39 is 6.61 Å². The third kappa shape index (κ3) is 3.48. The van der Waals surface area contributed by atoms with Crippen molar-refractivity contribution in [2.24, 2.45) is 5.92 Å². The molecule has 0 saturated carbocycles. The summed E-state index contributed by atoms with van der Waals surface area (Å²) >= 11 is 0. The predicted octanol–water partition coefficient (Wildman–Crippen LogP) is 0.792. The first-order valence-corrected chi connectivity index (χ1v) is 7.89. The number of nitrogens with zero attached hydrogens (tertiary/aromatic N) is 2. The number of ether oxygens (including phenoxy) is 1. The number of hydrogen-bond acceptors (Lipinski definition) is 4. The van der Waals surface area contributed by atoms with Gasteiger partial charge in [-0.05, 0) is 12.1 Å². The molecule has 130 valence electrons. The summed E-state index contributed by atoms with van der Waals surface area (Å²) < 4.78 is 29.3. The van der Waals surface area contributed by atoms with Crippen molar-refractivity contribution >= 4 is 11.8 Å². The molecule has 1 N–H and O–H groups in total. The zero-order valence-electron chi connectivity index (χ0n) is 13.1. The van der Waals surface area contributed by atoms with E-state index in [1.807, 2.05) is 0 Å². The fourth-order valence-corrected chi connectivity index (χ4v) is 2.86. The number of alkyl halides is 2. The summed E-state index contributed by atoms with van der Waals surface area (Å²) in [5, 5.41) is 3.06. The quantitative estimate of drug-likeness (QED) is 0.881. The van der Waals surface area contributed by atoms with Crippen LogP contribution in [0.15, 0.2) is 24.3 Å². The molecule has 2 heterocycles. The molecule has 2 aliphatic rings. The highest BCUT2D eigenvalue weighted by molar-refractivity contribution is 5.97. The smallest absolute Gasteiger partial charge is 0.387 e. The van der Waals surface area contributed by atoms with Gasteiger partial charge in [-0.2, -0.15) is 8.78 Å². The van der Waals surface area contributed by atoms with Crippen molar-refractivity contribution < 1.29 is 23.1 Å². The van der Waals surface area contributed by atoms with E-state index in [0.29, 0.717) is 39.3 Å². The minimum absolute atomic E-state index is 0.0346. The highest BCUT2D eigenvalue weighted by Crippen LogP contribution is 2.22. The maximum Gasteiger partial charge on any atom is 0.387 e. The molecular formula is C16H19F2N3O3. The van der Waals surface area contributed by atoms with Crippen molar-refractivity contribution in [3.63, 3.8) is 0 Å². The van der Waals surface area contributed by atoms with Crippen molar-refractivity contribution in [1.29, 1.82) is 0 Å². The van der Waals surface area contributed by atoms with Crippen LogP contribution in [0.3, 0.4) is 0 Å². The summed E-state index contributed by atoms with van der Waals surface area (Å²) in [7, 11) is 0. The predicted molar refractivity (Wildman–Crippen MR) is 81.9 cm³/mol. The molecule has 24 heavy (non-hydrogen) atoms. The third-order valence-corrected chi connectivity index (χ3v) is 4.34. The van der Waals surface area contributed by atoms with Gasteiger partial charge in [0, 0.05) is 39.3 Å². The third-order valence-electron chi connectivity index (χ3n) is 4.34. The van der Waals surface area contributed by atoms with Crippen molar-refractivity contribution in [2.45, 2.75) is 6.61 Å². The van der Waals surface area contributed by atoms with Gasteiger partial charge < -0.3 is 19.9 Å². The standard InChI is InChI=1S/C16H19F2N3O3/c17-16(18)24-13-4-2-1-3-12(13)15(23)21-7-5-20(6-8-21)14(22)11-9-19-10-11/h1-4,11,16,19H,5-10H2. The van der Waals surface area contributed by atoms with Crippen LogP contribution in [-0.4, -0.2) is 67.5 Å². The highest BCUT2D eigenvalue weighted by atomic mass is 19.3. The lowest BCUT2D eigenvalue weighted by Crippen LogP contribution is -2.57. The number of halogens is 2. The van der Waals surface area contributed by atoms with Crippen LogP contribution in [0.2, 0.25) is 0 Å². The van der Waals surface area contributed by atoms with E-state index in [2.05, 4.69) is 10.1 Å². The molecule has 6 nitrogen and oxygen atoms in total. The van der Waals surface area contributed by atoms with Crippen molar-refractivity contribution in [3.05, 3.63) is 29.8 Å². The maximum atomic E-state index is 12.6. The van der Waals surface area contributed by atoms with Gasteiger partial charge in [0.1, 0.15) is 5.75 Å². The second-order valence-electron chi connectivity index (χ2n) is 5.85. The van der Waals surface area contributed by atoms with Crippen LogP contribution in [0.5, 0.6) is 5.75 Å². The number of amides is 2. The molecule has 0 bridgehead atoms. The second kappa shape index (κ2) is 7.12. The second-order valence-corrected chi connectivity index (χ2v) is 5.85. The molecule has 0 spiro atoms. The molecular weight excluding hydrogens is 320 g/mol. The number of carbonyl (C=O) groups excluding carboxylic acids is 2. The molecule has 1 aromatic carbocycles. The Balaban J connectivity index is 1.62. The maximum absolute atomic E-state index is 12.6. The van der Waals surface area contributed by atoms with Gasteiger partial charge in [0.2, 0.25) is 5.91 Å². The number of rotatable bonds is 4. The molecule has 0 aliphatic carbocycles. The van der Waals surface area contributed by atoms with Gasteiger partial charge in [-0.15, -0.1) is 0 Å². The molecule has 0 atom stereocenters. The van der Waals surface area contributed by atoms with E-state index in [4.69, 9.17) is 0 Å². The Morgan fingerprint density at radius 3 is 2.29 bits per heavy atom. The average Bonchev–Trinajstić information content (AvgIpc) is 2.53. The van der Waals surface area contributed by atoms with Gasteiger partial charge in [-0.1, -0.05) is 12.1 Å². The van der Waals surface area contributed by atoms with Gasteiger partial charge in [0.15, 0.2) is 0 Å². The fourth-order valence-electron chi connectivity index (χ4n) is 2.86. The number of benzene rings is 1. The van der Waals surface area contributed by atoms with Crippen LogP contribution < -0.4 is 10.1 Å². The molecule has 8 heteroatoms. The lowest BCUT2D eigenvalue weighted by molar-refractivity contribution is -0.138. The van der Waals surface area contributed by atoms with Crippen LogP contribution in [-0.2, 0) is 4.79 Å². The summed E-state index contributed by atoms with van der Waals surface area (Å²) in [6.07, 6.45) is 0. The molecule has 2 fully saturated rings. The van der Waals surface area contributed by atoms with Gasteiger partial charge in [-0.3, -0.25) is 9.59 Å². The largest absolute Gasteiger partial charge is 0.434 e. The molecule has 3 rings (SSSR count). The summed E-state index contributed by atoms with van der Waals surface area (Å²) in [6.45, 7) is 0.107. The van der Waals surface area contributed by atoms with Crippen molar-refractivity contribution in [1.82, 2.24) is 15.1 Å². The first-order chi connectivity index (χ1) is 11.6. The Bertz CT molecular complexity index is 614. The minimum atomic E-state index is -2.98. The molecule has 0 aromatic heterocycles. The number of carbonyl (C=O) groups is 2. The number of para-hydroxylation sites is 1. The van der Waals surface area contributed by atoms with Gasteiger partial charge in [0.05, 0.1) is 11.5 Å². The molecule has 2 amide bonds. The SMILES string of the molecule is O=C(c1ccccc1OC(F)F)N1CCN(C(=O)C2CNC2)CC1. The van der Waals surface area contributed by atoms with E-state index >= 15 is 0 Å². The normalized spacial score (nSPS) is 18.5. The van der Waals surface area contributed by atoms with Crippen LogP contribution in [0.1, 0.15) is 10.4 Å². The zero-order chi connectivity index (χ0) is 17.1. The Morgan fingerprint density at radius 2 is 1.71 bits per heavy atom. The molecule has 2 aliphatic heterocycles. The lowest BCUT2D eigenvalue weighted by atomic mass is 10.0. The Morgan fingerprint density at radius 1 is 1.08 bits per heavy atom. The highest BCUT2D eigenvalue weighted by Gasteiger charge is 2.32. The topological polar surface area (TPSA) is 61.9 Å². The van der Waals surface area contributed by atoms with Crippen LogP contribution >= 0.6 is 0 Å². The van der Waals surface area contributed by atoms with Crippen LogP contribution in [0.25, 0.3) is 0 Å². The molecule has 0 unspecified atom stereocenters. The first-order valence-electron chi connectivity index (χ1n) is 7.89. The Kier molecular flexibility index (Phi) is 4.94. The van der Waals surface area contributed by atoms with Crippen molar-refractivity contribution in [2.75, 3.05) is 39.3 Å². The monoisotopic (exact) mass is 339 g/mol. The number of hydrogen-bond donors (Lipinski definition) is 1. The molecule has 2 saturated heterocycles. The Labute approximate surface area is 138 Å². The summed E-state index contributed by atoms with van der Waals surface area (Å²) in [5.41, 5.74) is 0.112. The molecule has 0 radical (unpaired) electrons. The summed E-state index contributed by atoms with van der Waals surface area (Å²) in [5.74, 6) is -0.338. The van der Waals surface area contributed by atoms with Gasteiger partial charge in [-0.25, -0.2) is 0 Å². The summed E-state index contributed by atoms with van der Waals surface area (Å²) in [4.78, 5) is 28.1. The number of piperazine rings is 1. The average molecular weight is 339 g/mol. The van der Waals surface area contributed by atoms with Crippen molar-refractivity contribution in [3.8, 4) is 5.75 Å². The van der Waals surface area contributed by atoms with E-state index in [0.717, 1.165) is 0 Å². The zero-order valence-corrected chi connectivity index (χ0v) is 13.1. The molecule has 1 aromatic rings. The van der Waals surface area contributed by atoms with E-state index in [9.17, 15) is 18.4 Å². The Hall–Kier alpha value is -2.22. The minimum Gasteiger partial charge on any atom is -0.434 e. The van der Waals surface area contributed by atoms with Crippen LogP contribution in [0.4, 0.5) is 8.78 Å². The summed E-state index contributed by atoms with van der Waals surface area (Å²) in [6, 6.07) is 5.97. The number of nitrogens with one attached hydrogen (secondary N) is 1. The van der Waals surface area contributed by atoms with E-state index in [-0.39, 0.29) is 29.0 Å². The fraction of sp³-hybridized carbons (Fsp3) is 0.500. The van der Waals surface area contributed by atoms with E-state index in [1.54, 1.807) is 15.9 Å². The van der Waals surface area contributed by atoms with Crippen LogP contribution in [0, 0.1) is 5.92 Å². The first kappa shape index (κ1) is 16.6. The van der Waals surface area contributed by atoms with Gasteiger partial charge in [0.25, 0.3) is 5.91 Å². The lowest BCUT2D eigenvalue weighted by Gasteiger charge is -2.38. The van der Waals surface area contributed by atoms with Gasteiger partial charge >= 0.3 is 6.61 Å². The van der Waals surface area contributed by atoms with E-state index in [1.165, 1.54) is 18.2 Å².